The molecular formula is C17H26N4O3. The highest BCUT2D eigenvalue weighted by molar-refractivity contribution is 5.80. The van der Waals surface area contributed by atoms with Gasteiger partial charge in [-0.05, 0) is 25.0 Å². The van der Waals surface area contributed by atoms with Crippen LogP contribution in [0.4, 0.5) is 0 Å². The van der Waals surface area contributed by atoms with Crippen molar-refractivity contribution in [2.24, 2.45) is 4.99 Å². The van der Waals surface area contributed by atoms with Crippen LogP contribution in [0.2, 0.25) is 0 Å². The highest BCUT2D eigenvalue weighted by Crippen LogP contribution is 2.21. The Hall–Kier alpha value is -1.86. The summed E-state index contributed by atoms with van der Waals surface area (Å²) in [5.41, 5.74) is 0. The summed E-state index contributed by atoms with van der Waals surface area (Å²) in [5, 5.41) is 3.35. The average Bonchev–Trinajstić information content (AvgIpc) is 3.18. The first-order valence-corrected chi connectivity index (χ1v) is 8.58. The smallest absolute Gasteiger partial charge is 0.193 e. The van der Waals surface area contributed by atoms with Gasteiger partial charge in [0.1, 0.15) is 18.5 Å². The second kappa shape index (κ2) is 8.84. The number of pyridine rings is 1. The molecule has 2 fully saturated rings. The summed E-state index contributed by atoms with van der Waals surface area (Å²) in [4.78, 5) is 10.7. The predicted molar refractivity (Wildman–Crippen MR) is 91.4 cm³/mol. The second-order valence-corrected chi connectivity index (χ2v) is 5.92. The summed E-state index contributed by atoms with van der Waals surface area (Å²) in [6, 6.07) is 3.76. The van der Waals surface area contributed by atoms with Crippen LogP contribution in [-0.2, 0) is 9.47 Å². The van der Waals surface area contributed by atoms with Gasteiger partial charge < -0.3 is 24.4 Å². The van der Waals surface area contributed by atoms with Gasteiger partial charge in [-0.2, -0.15) is 0 Å². The van der Waals surface area contributed by atoms with Gasteiger partial charge in [-0.1, -0.05) is 0 Å². The van der Waals surface area contributed by atoms with Gasteiger partial charge in [0.05, 0.1) is 25.5 Å². The van der Waals surface area contributed by atoms with Crippen LogP contribution in [0.1, 0.15) is 12.8 Å². The summed E-state index contributed by atoms with van der Waals surface area (Å²) < 4.78 is 17.3. The van der Waals surface area contributed by atoms with Crippen LogP contribution in [0.25, 0.3) is 0 Å². The molecule has 1 aromatic heterocycles. The maximum absolute atomic E-state index is 5.89. The van der Waals surface area contributed by atoms with Crippen LogP contribution in [0.5, 0.6) is 5.75 Å². The minimum atomic E-state index is 0.131. The summed E-state index contributed by atoms with van der Waals surface area (Å²) in [5.74, 6) is 1.66. The van der Waals surface area contributed by atoms with Crippen molar-refractivity contribution in [1.29, 1.82) is 0 Å². The number of aromatic nitrogens is 1. The summed E-state index contributed by atoms with van der Waals surface area (Å²) in [7, 11) is 1.81. The van der Waals surface area contributed by atoms with E-state index in [0.29, 0.717) is 19.8 Å². The third-order valence-corrected chi connectivity index (χ3v) is 4.27. The van der Waals surface area contributed by atoms with E-state index in [9.17, 15) is 0 Å². The van der Waals surface area contributed by atoms with Crippen LogP contribution in [0.15, 0.2) is 29.5 Å². The lowest BCUT2D eigenvalue weighted by atomic mass is 10.1. The first-order chi connectivity index (χ1) is 11.9. The normalized spacial score (nSPS) is 24.9. The number of ether oxygens (including phenoxy) is 3. The maximum atomic E-state index is 5.89. The lowest BCUT2D eigenvalue weighted by molar-refractivity contribution is -0.0817. The molecule has 24 heavy (non-hydrogen) atoms. The third kappa shape index (κ3) is 4.58. The Morgan fingerprint density at radius 3 is 3.08 bits per heavy atom. The summed E-state index contributed by atoms with van der Waals surface area (Å²) in [6.07, 6.45) is 6.01. The number of hydrogen-bond acceptors (Lipinski definition) is 5. The SMILES string of the molecule is CN=C(NCCOc1cccnc1)N1CCOC(C2CCCO2)C1. The van der Waals surface area contributed by atoms with Crippen molar-refractivity contribution < 1.29 is 14.2 Å². The molecule has 132 valence electrons. The topological polar surface area (TPSA) is 68.2 Å². The molecular weight excluding hydrogens is 308 g/mol. The first kappa shape index (κ1) is 17.0. The van der Waals surface area contributed by atoms with E-state index in [1.807, 2.05) is 12.1 Å². The van der Waals surface area contributed by atoms with Crippen molar-refractivity contribution in [2.75, 3.05) is 46.5 Å². The first-order valence-electron chi connectivity index (χ1n) is 8.58. The average molecular weight is 334 g/mol. The van der Waals surface area contributed by atoms with Gasteiger partial charge in [-0.3, -0.25) is 9.98 Å². The van der Waals surface area contributed by atoms with Gasteiger partial charge >= 0.3 is 0 Å². The third-order valence-electron chi connectivity index (χ3n) is 4.27. The molecule has 7 nitrogen and oxygen atoms in total. The van der Waals surface area contributed by atoms with Crippen molar-refractivity contribution in [1.82, 2.24) is 15.2 Å². The number of guanidine groups is 1. The number of morpholine rings is 1. The molecule has 2 atom stereocenters. The van der Waals surface area contributed by atoms with Gasteiger partial charge in [0.25, 0.3) is 0 Å². The second-order valence-electron chi connectivity index (χ2n) is 5.92. The molecule has 0 bridgehead atoms. The van der Waals surface area contributed by atoms with E-state index in [2.05, 4.69) is 20.2 Å². The van der Waals surface area contributed by atoms with Crippen molar-refractivity contribution in [2.45, 2.75) is 25.0 Å². The van der Waals surface area contributed by atoms with Gasteiger partial charge in [-0.15, -0.1) is 0 Å². The molecule has 2 aliphatic heterocycles. The Morgan fingerprint density at radius 1 is 1.42 bits per heavy atom. The number of nitrogens with zero attached hydrogens (tertiary/aromatic N) is 3. The maximum Gasteiger partial charge on any atom is 0.193 e. The molecule has 0 saturated carbocycles. The molecule has 1 N–H and O–H groups in total. The van der Waals surface area contributed by atoms with Crippen molar-refractivity contribution in [3.8, 4) is 5.75 Å². The molecule has 7 heteroatoms. The van der Waals surface area contributed by atoms with E-state index < -0.39 is 0 Å². The molecule has 0 spiro atoms. The van der Waals surface area contributed by atoms with E-state index in [0.717, 1.165) is 44.2 Å². The quantitative estimate of drug-likeness (QED) is 0.491. The van der Waals surface area contributed by atoms with Crippen LogP contribution in [-0.4, -0.2) is 74.6 Å². The molecule has 0 radical (unpaired) electrons. The minimum absolute atomic E-state index is 0.131. The zero-order valence-electron chi connectivity index (χ0n) is 14.2. The lowest BCUT2D eigenvalue weighted by Gasteiger charge is -2.37. The standard InChI is InChI=1S/C17H26N4O3/c1-18-17(20-7-10-22-14-4-2-6-19-12-14)21-8-11-24-16(13-21)15-5-3-9-23-15/h2,4,6,12,15-16H,3,5,7-11,13H2,1H3,(H,18,20). The Morgan fingerprint density at radius 2 is 2.33 bits per heavy atom. The van der Waals surface area contributed by atoms with Gasteiger partial charge in [0.15, 0.2) is 5.96 Å². The molecule has 0 aromatic carbocycles. The number of hydrogen-bond donors (Lipinski definition) is 1. The predicted octanol–water partition coefficient (Wildman–Crippen LogP) is 0.916. The van der Waals surface area contributed by atoms with Crippen molar-refractivity contribution >= 4 is 5.96 Å². The van der Waals surface area contributed by atoms with E-state index in [4.69, 9.17) is 14.2 Å². The largest absolute Gasteiger partial charge is 0.490 e. The fourth-order valence-electron chi connectivity index (χ4n) is 3.08. The highest BCUT2D eigenvalue weighted by Gasteiger charge is 2.32. The number of aliphatic imine (C=N–C) groups is 1. The zero-order chi connectivity index (χ0) is 16.6. The number of rotatable bonds is 5. The van der Waals surface area contributed by atoms with Gasteiger partial charge in [-0.25, -0.2) is 0 Å². The molecule has 2 aliphatic rings. The summed E-state index contributed by atoms with van der Waals surface area (Å²) >= 11 is 0. The van der Waals surface area contributed by atoms with Gasteiger partial charge in [0.2, 0.25) is 0 Å². The van der Waals surface area contributed by atoms with Crippen LogP contribution >= 0.6 is 0 Å². The van der Waals surface area contributed by atoms with Crippen molar-refractivity contribution in [3.05, 3.63) is 24.5 Å². The molecule has 2 unspecified atom stereocenters. The highest BCUT2D eigenvalue weighted by atomic mass is 16.5. The molecule has 3 heterocycles. The van der Waals surface area contributed by atoms with E-state index in [1.54, 1.807) is 19.4 Å². The zero-order valence-corrected chi connectivity index (χ0v) is 14.2. The monoisotopic (exact) mass is 334 g/mol. The van der Waals surface area contributed by atoms with Gasteiger partial charge in [0, 0.05) is 32.9 Å². The lowest BCUT2D eigenvalue weighted by Crippen LogP contribution is -2.53. The van der Waals surface area contributed by atoms with E-state index in [1.165, 1.54) is 0 Å². The molecule has 0 amide bonds. The van der Waals surface area contributed by atoms with E-state index in [-0.39, 0.29) is 12.2 Å². The molecule has 2 saturated heterocycles. The minimum Gasteiger partial charge on any atom is -0.490 e. The van der Waals surface area contributed by atoms with Crippen LogP contribution in [0, 0.1) is 0 Å². The Kier molecular flexibility index (Phi) is 6.26. The van der Waals surface area contributed by atoms with E-state index >= 15 is 0 Å². The Bertz CT molecular complexity index is 520. The summed E-state index contributed by atoms with van der Waals surface area (Å²) in [6.45, 7) is 4.45. The van der Waals surface area contributed by atoms with Crippen molar-refractivity contribution in [3.63, 3.8) is 0 Å². The molecule has 3 rings (SSSR count). The number of nitrogens with one attached hydrogen (secondary N) is 1. The van der Waals surface area contributed by atoms with Crippen LogP contribution < -0.4 is 10.1 Å². The fraction of sp³-hybridized carbons (Fsp3) is 0.647. The Labute approximate surface area is 143 Å². The fourth-order valence-corrected chi connectivity index (χ4v) is 3.08. The Balaban J connectivity index is 1.43. The molecule has 0 aliphatic carbocycles. The molecule has 1 aromatic rings. The van der Waals surface area contributed by atoms with Crippen LogP contribution in [0.3, 0.4) is 0 Å².